The molecule has 1 N–H and O–H groups in total. The Labute approximate surface area is 93.5 Å². The summed E-state index contributed by atoms with van der Waals surface area (Å²) in [5.74, 6) is 0.890. The smallest absolute Gasteiger partial charge is 0.173 e. The van der Waals surface area contributed by atoms with Crippen LogP contribution in [-0.2, 0) is 6.42 Å². The maximum absolute atomic E-state index is 12.3. The van der Waals surface area contributed by atoms with Crippen LogP contribution in [0.5, 0.6) is 0 Å². The molecule has 0 saturated carbocycles. The Morgan fingerprint density at radius 1 is 1.31 bits per heavy atom. The molecule has 3 nitrogen and oxygen atoms in total. The quantitative estimate of drug-likeness (QED) is 0.788. The van der Waals surface area contributed by atoms with Gasteiger partial charge in [-0.15, -0.1) is 0 Å². The number of aryl methyl sites for hydroxylation is 1. The van der Waals surface area contributed by atoms with Crippen LogP contribution in [-0.4, -0.2) is 15.8 Å². The Bertz CT molecular complexity index is 516. The topological polar surface area (TPSA) is 45.8 Å². The highest BCUT2D eigenvalue weighted by atomic mass is 16.1. The predicted molar refractivity (Wildman–Crippen MR) is 60.4 cm³/mol. The molecule has 0 spiro atoms. The zero-order chi connectivity index (χ0) is 11.0. The lowest BCUT2D eigenvalue weighted by atomic mass is 9.82. The molecular formula is C13H12N2O. The molecule has 0 aliphatic heterocycles. The van der Waals surface area contributed by atoms with E-state index in [1.54, 1.807) is 12.4 Å². The summed E-state index contributed by atoms with van der Waals surface area (Å²) < 4.78 is 0. The van der Waals surface area contributed by atoms with E-state index in [0.29, 0.717) is 0 Å². The fraction of sp³-hybridized carbons (Fsp3) is 0.231. The number of rotatable bonds is 1. The average Bonchev–Trinajstić information content (AvgIpc) is 2.83. The Hall–Kier alpha value is -1.90. The van der Waals surface area contributed by atoms with E-state index < -0.39 is 0 Å². The van der Waals surface area contributed by atoms with Crippen molar-refractivity contribution in [3.8, 4) is 0 Å². The van der Waals surface area contributed by atoms with Crippen molar-refractivity contribution in [1.82, 2.24) is 9.97 Å². The Balaban J connectivity index is 2.01. The molecule has 1 aliphatic rings. The van der Waals surface area contributed by atoms with E-state index in [2.05, 4.69) is 9.97 Å². The predicted octanol–water partition coefficient (Wildman–Crippen LogP) is 2.32. The minimum atomic E-state index is -0.0927. The van der Waals surface area contributed by atoms with Crippen LogP contribution in [0, 0.1) is 0 Å². The number of imidazole rings is 1. The van der Waals surface area contributed by atoms with Gasteiger partial charge in [0.2, 0.25) is 0 Å². The van der Waals surface area contributed by atoms with E-state index >= 15 is 0 Å². The standard InChI is InChI=1S/C13H12N2O/c16-12-10-4-2-1-3-9(10)5-6-11(12)13-14-7-8-15-13/h1-4,7-8,11H,5-6H2,(H,14,15). The zero-order valence-corrected chi connectivity index (χ0v) is 8.81. The number of carbonyl (C=O) groups is 1. The SMILES string of the molecule is O=C1c2ccccc2CCC1c1ncc[nH]1. The monoisotopic (exact) mass is 212 g/mol. The second-order valence-electron chi connectivity index (χ2n) is 4.09. The first-order valence-corrected chi connectivity index (χ1v) is 5.47. The number of aromatic amines is 1. The molecule has 0 saturated heterocycles. The van der Waals surface area contributed by atoms with Gasteiger partial charge in [0.1, 0.15) is 5.82 Å². The number of hydrogen-bond donors (Lipinski definition) is 1. The number of benzene rings is 1. The van der Waals surface area contributed by atoms with E-state index in [0.717, 1.165) is 29.8 Å². The first kappa shape index (κ1) is 9.33. The molecule has 0 radical (unpaired) electrons. The summed E-state index contributed by atoms with van der Waals surface area (Å²) in [7, 11) is 0. The van der Waals surface area contributed by atoms with Gasteiger partial charge < -0.3 is 4.98 Å². The fourth-order valence-electron chi connectivity index (χ4n) is 2.33. The van der Waals surface area contributed by atoms with Gasteiger partial charge >= 0.3 is 0 Å². The fourth-order valence-corrected chi connectivity index (χ4v) is 2.33. The Kier molecular flexibility index (Phi) is 2.10. The second kappa shape index (κ2) is 3.59. The summed E-state index contributed by atoms with van der Waals surface area (Å²) in [5, 5.41) is 0. The van der Waals surface area contributed by atoms with Crippen LogP contribution in [0.1, 0.15) is 34.1 Å². The summed E-state index contributed by atoms with van der Waals surface area (Å²) in [6.07, 6.45) is 5.27. The van der Waals surface area contributed by atoms with Gasteiger partial charge in [0.05, 0.1) is 5.92 Å². The number of nitrogens with zero attached hydrogens (tertiary/aromatic N) is 1. The van der Waals surface area contributed by atoms with Crippen molar-refractivity contribution in [2.24, 2.45) is 0 Å². The summed E-state index contributed by atoms with van der Waals surface area (Å²) in [6, 6.07) is 7.85. The van der Waals surface area contributed by atoms with Crippen LogP contribution in [0.15, 0.2) is 36.7 Å². The number of fused-ring (bicyclic) bond motifs is 1. The molecule has 1 unspecified atom stereocenters. The largest absolute Gasteiger partial charge is 0.348 e. The van der Waals surface area contributed by atoms with E-state index in [1.807, 2.05) is 24.3 Å². The van der Waals surface area contributed by atoms with Gasteiger partial charge in [-0.25, -0.2) is 4.98 Å². The normalized spacial score (nSPS) is 19.5. The number of nitrogens with one attached hydrogen (secondary N) is 1. The van der Waals surface area contributed by atoms with Gasteiger partial charge in [-0.3, -0.25) is 4.79 Å². The van der Waals surface area contributed by atoms with Gasteiger partial charge in [-0.1, -0.05) is 24.3 Å². The summed E-state index contributed by atoms with van der Waals surface area (Å²) in [6.45, 7) is 0. The third kappa shape index (κ3) is 1.36. The molecule has 1 aliphatic carbocycles. The van der Waals surface area contributed by atoms with Gasteiger partial charge in [-0.05, 0) is 18.4 Å². The van der Waals surface area contributed by atoms with Crippen LogP contribution in [0.25, 0.3) is 0 Å². The summed E-state index contributed by atoms with van der Waals surface area (Å²) >= 11 is 0. The van der Waals surface area contributed by atoms with Crippen molar-refractivity contribution in [2.45, 2.75) is 18.8 Å². The molecule has 80 valence electrons. The van der Waals surface area contributed by atoms with Crippen LogP contribution in [0.3, 0.4) is 0 Å². The number of hydrogen-bond acceptors (Lipinski definition) is 2. The van der Waals surface area contributed by atoms with E-state index in [-0.39, 0.29) is 11.7 Å². The maximum Gasteiger partial charge on any atom is 0.173 e. The molecule has 2 aromatic rings. The van der Waals surface area contributed by atoms with Gasteiger partial charge in [0.15, 0.2) is 5.78 Å². The Morgan fingerprint density at radius 3 is 3.00 bits per heavy atom. The third-order valence-electron chi connectivity index (χ3n) is 3.15. The van der Waals surface area contributed by atoms with Crippen molar-refractivity contribution in [1.29, 1.82) is 0 Å². The molecule has 0 bridgehead atoms. The van der Waals surface area contributed by atoms with E-state index in [4.69, 9.17) is 0 Å². The van der Waals surface area contributed by atoms with E-state index in [9.17, 15) is 4.79 Å². The summed E-state index contributed by atoms with van der Waals surface area (Å²) in [4.78, 5) is 19.5. The van der Waals surface area contributed by atoms with Crippen molar-refractivity contribution >= 4 is 5.78 Å². The highest BCUT2D eigenvalue weighted by Gasteiger charge is 2.29. The lowest BCUT2D eigenvalue weighted by molar-refractivity contribution is 0.0942. The zero-order valence-electron chi connectivity index (χ0n) is 8.81. The minimum absolute atomic E-state index is 0.0927. The Morgan fingerprint density at radius 2 is 2.19 bits per heavy atom. The number of aromatic nitrogens is 2. The molecular weight excluding hydrogens is 200 g/mol. The molecule has 3 rings (SSSR count). The van der Waals surface area contributed by atoms with Crippen molar-refractivity contribution in [3.05, 3.63) is 53.6 Å². The van der Waals surface area contributed by atoms with Gasteiger partial charge in [0, 0.05) is 18.0 Å². The molecule has 1 aromatic heterocycles. The molecule has 0 amide bonds. The van der Waals surface area contributed by atoms with Crippen molar-refractivity contribution in [3.63, 3.8) is 0 Å². The van der Waals surface area contributed by atoms with Crippen molar-refractivity contribution < 1.29 is 4.79 Å². The lowest BCUT2D eigenvalue weighted by Crippen LogP contribution is -2.21. The molecule has 1 atom stereocenters. The number of carbonyl (C=O) groups excluding carboxylic acids is 1. The molecule has 3 heteroatoms. The second-order valence-corrected chi connectivity index (χ2v) is 4.09. The van der Waals surface area contributed by atoms with Crippen molar-refractivity contribution in [2.75, 3.05) is 0 Å². The minimum Gasteiger partial charge on any atom is -0.348 e. The molecule has 1 heterocycles. The van der Waals surface area contributed by atoms with Crippen LogP contribution < -0.4 is 0 Å². The van der Waals surface area contributed by atoms with Crippen LogP contribution in [0.4, 0.5) is 0 Å². The molecule has 0 fully saturated rings. The first-order chi connectivity index (χ1) is 7.86. The number of ketones is 1. The maximum atomic E-state index is 12.3. The third-order valence-corrected chi connectivity index (χ3v) is 3.15. The molecule has 1 aromatic carbocycles. The lowest BCUT2D eigenvalue weighted by Gasteiger charge is -2.21. The van der Waals surface area contributed by atoms with Gasteiger partial charge in [0.25, 0.3) is 0 Å². The van der Waals surface area contributed by atoms with Crippen LogP contribution in [0.2, 0.25) is 0 Å². The van der Waals surface area contributed by atoms with Gasteiger partial charge in [-0.2, -0.15) is 0 Å². The molecule has 16 heavy (non-hydrogen) atoms. The highest BCUT2D eigenvalue weighted by Crippen LogP contribution is 2.30. The average molecular weight is 212 g/mol. The number of Topliss-reactive ketones (excluding diaryl/α,β-unsaturated/α-hetero) is 1. The number of H-pyrrole nitrogens is 1. The van der Waals surface area contributed by atoms with Crippen LogP contribution >= 0.6 is 0 Å². The summed E-state index contributed by atoms with van der Waals surface area (Å²) in [5.41, 5.74) is 2.02. The highest BCUT2D eigenvalue weighted by molar-refractivity contribution is 6.02. The van der Waals surface area contributed by atoms with E-state index in [1.165, 1.54) is 0 Å². The first-order valence-electron chi connectivity index (χ1n) is 5.47.